The maximum absolute atomic E-state index is 13.1. The van der Waals surface area contributed by atoms with Crippen molar-refractivity contribution in [2.24, 2.45) is 10.7 Å². The van der Waals surface area contributed by atoms with Crippen LogP contribution in [0.1, 0.15) is 11.6 Å². The largest absolute Gasteiger partial charge is 0.369 e. The van der Waals surface area contributed by atoms with Gasteiger partial charge < -0.3 is 10.6 Å². The minimum absolute atomic E-state index is 0.00454. The van der Waals surface area contributed by atoms with Crippen molar-refractivity contribution in [3.05, 3.63) is 64.4 Å². The molecule has 0 amide bonds. The fourth-order valence-corrected chi connectivity index (χ4v) is 2.76. The first-order valence-electron chi connectivity index (χ1n) is 6.25. The molecular weight excluding hydrogens is 321 g/mol. The van der Waals surface area contributed by atoms with Crippen LogP contribution in [0.5, 0.6) is 0 Å². The van der Waals surface area contributed by atoms with Crippen molar-refractivity contribution in [3.8, 4) is 0 Å². The number of benzene rings is 2. The molecule has 3 rings (SSSR count). The fourth-order valence-electron chi connectivity index (χ4n) is 2.38. The van der Waals surface area contributed by atoms with Crippen molar-refractivity contribution in [2.75, 3.05) is 11.4 Å². The van der Waals surface area contributed by atoms with Gasteiger partial charge in [0, 0.05) is 10.2 Å². The third-order valence-electron chi connectivity index (χ3n) is 3.33. The van der Waals surface area contributed by atoms with Crippen molar-refractivity contribution >= 4 is 27.6 Å². The average molecular weight is 334 g/mol. The van der Waals surface area contributed by atoms with Crippen LogP contribution >= 0.6 is 15.9 Å². The first kappa shape index (κ1) is 13.1. The lowest BCUT2D eigenvalue weighted by molar-refractivity contribution is 0.625. The lowest BCUT2D eigenvalue weighted by Gasteiger charge is -2.26. The van der Waals surface area contributed by atoms with Gasteiger partial charge in [-0.15, -0.1) is 0 Å². The zero-order chi connectivity index (χ0) is 14.1. The molecule has 0 aliphatic carbocycles. The van der Waals surface area contributed by atoms with Crippen molar-refractivity contribution in [1.82, 2.24) is 0 Å². The molecule has 5 heteroatoms. The van der Waals surface area contributed by atoms with Crippen LogP contribution in [0, 0.1) is 5.82 Å². The summed E-state index contributed by atoms with van der Waals surface area (Å²) in [5.41, 5.74) is 7.97. The van der Waals surface area contributed by atoms with Crippen LogP contribution in [-0.2, 0) is 0 Å². The number of hydrogen-bond acceptors (Lipinski definition) is 3. The summed E-state index contributed by atoms with van der Waals surface area (Å²) in [6, 6.07) is 14.4. The lowest BCUT2D eigenvalue weighted by atomic mass is 10.1. The Morgan fingerprint density at radius 3 is 2.65 bits per heavy atom. The minimum atomic E-state index is -0.241. The van der Waals surface area contributed by atoms with E-state index in [1.54, 1.807) is 12.1 Å². The molecule has 1 unspecified atom stereocenters. The second-order valence-electron chi connectivity index (χ2n) is 4.62. The Balaban J connectivity index is 1.98. The van der Waals surface area contributed by atoms with Crippen molar-refractivity contribution in [2.45, 2.75) is 6.04 Å². The zero-order valence-electron chi connectivity index (χ0n) is 10.6. The predicted octanol–water partition coefficient (Wildman–Crippen LogP) is 3.46. The molecule has 0 bridgehead atoms. The van der Waals surface area contributed by atoms with E-state index in [-0.39, 0.29) is 11.9 Å². The molecule has 0 fully saturated rings. The smallest absolute Gasteiger partial charge is 0.196 e. The van der Waals surface area contributed by atoms with Gasteiger partial charge in [0.1, 0.15) is 5.82 Å². The van der Waals surface area contributed by atoms with Gasteiger partial charge in [-0.25, -0.2) is 4.39 Å². The molecule has 0 saturated heterocycles. The molecule has 2 aromatic rings. The van der Waals surface area contributed by atoms with Crippen molar-refractivity contribution in [3.63, 3.8) is 0 Å². The summed E-state index contributed by atoms with van der Waals surface area (Å²) in [5.74, 6) is 0.243. The van der Waals surface area contributed by atoms with E-state index in [0.717, 1.165) is 15.7 Å². The third kappa shape index (κ3) is 2.41. The van der Waals surface area contributed by atoms with Gasteiger partial charge in [0.15, 0.2) is 5.96 Å². The highest BCUT2D eigenvalue weighted by atomic mass is 79.9. The van der Waals surface area contributed by atoms with Gasteiger partial charge in [0.25, 0.3) is 0 Å². The minimum Gasteiger partial charge on any atom is -0.369 e. The van der Waals surface area contributed by atoms with Crippen molar-refractivity contribution < 1.29 is 4.39 Å². The molecular formula is C15H13BrFN3. The Morgan fingerprint density at radius 1 is 1.20 bits per heavy atom. The summed E-state index contributed by atoms with van der Waals surface area (Å²) in [4.78, 5) is 6.29. The van der Waals surface area contributed by atoms with Gasteiger partial charge >= 0.3 is 0 Å². The van der Waals surface area contributed by atoms with Gasteiger partial charge in [-0.05, 0) is 35.9 Å². The summed E-state index contributed by atoms with van der Waals surface area (Å²) in [6.45, 7) is 0.573. The molecule has 2 aromatic carbocycles. The second-order valence-corrected chi connectivity index (χ2v) is 5.53. The molecule has 1 aliphatic heterocycles. The van der Waals surface area contributed by atoms with Crippen LogP contribution in [0.4, 0.5) is 10.1 Å². The molecule has 1 atom stereocenters. The number of anilines is 1. The highest BCUT2D eigenvalue weighted by Crippen LogP contribution is 2.32. The van der Waals surface area contributed by atoms with E-state index in [1.807, 2.05) is 29.2 Å². The van der Waals surface area contributed by atoms with E-state index in [2.05, 4.69) is 20.9 Å². The maximum atomic E-state index is 13.1. The number of guanidine groups is 1. The molecule has 1 aliphatic rings. The number of nitrogens with two attached hydrogens (primary N) is 1. The molecule has 2 N–H and O–H groups in total. The Kier molecular flexibility index (Phi) is 3.44. The zero-order valence-corrected chi connectivity index (χ0v) is 12.2. The first-order valence-corrected chi connectivity index (χ1v) is 7.04. The molecule has 102 valence electrons. The molecule has 0 saturated carbocycles. The van der Waals surface area contributed by atoms with E-state index in [9.17, 15) is 4.39 Å². The van der Waals surface area contributed by atoms with E-state index in [4.69, 9.17) is 5.73 Å². The van der Waals surface area contributed by atoms with Crippen LogP contribution in [0.2, 0.25) is 0 Å². The van der Waals surface area contributed by atoms with Crippen LogP contribution in [0.25, 0.3) is 0 Å². The van der Waals surface area contributed by atoms with Crippen LogP contribution in [0.15, 0.2) is 58.0 Å². The fraction of sp³-hybridized carbons (Fsp3) is 0.133. The number of rotatable bonds is 2. The predicted molar refractivity (Wildman–Crippen MR) is 82.3 cm³/mol. The third-order valence-corrected chi connectivity index (χ3v) is 3.82. The highest BCUT2D eigenvalue weighted by Gasteiger charge is 2.28. The van der Waals surface area contributed by atoms with Gasteiger partial charge in [0.05, 0.1) is 12.6 Å². The molecule has 0 spiro atoms. The van der Waals surface area contributed by atoms with E-state index in [0.29, 0.717) is 12.5 Å². The normalized spacial score (nSPS) is 18.2. The summed E-state index contributed by atoms with van der Waals surface area (Å²) < 4.78 is 14.0. The quantitative estimate of drug-likeness (QED) is 0.914. The number of nitrogens with zero attached hydrogens (tertiary/aromatic N) is 2. The average Bonchev–Trinajstić information content (AvgIpc) is 2.81. The lowest BCUT2D eigenvalue weighted by Crippen LogP contribution is -2.36. The topological polar surface area (TPSA) is 41.6 Å². The summed E-state index contributed by atoms with van der Waals surface area (Å²) >= 11 is 3.46. The maximum Gasteiger partial charge on any atom is 0.196 e. The summed E-state index contributed by atoms with van der Waals surface area (Å²) in [6.07, 6.45) is 0. The Bertz CT molecular complexity index is 654. The van der Waals surface area contributed by atoms with Gasteiger partial charge in [0.2, 0.25) is 0 Å². The molecule has 1 heterocycles. The molecule has 0 aromatic heterocycles. The molecule has 20 heavy (non-hydrogen) atoms. The Morgan fingerprint density at radius 2 is 1.95 bits per heavy atom. The SMILES string of the molecule is NC1=NCC(c2ccc(F)cc2)N1c1cccc(Br)c1. The van der Waals surface area contributed by atoms with E-state index >= 15 is 0 Å². The summed E-state index contributed by atoms with van der Waals surface area (Å²) in [7, 11) is 0. The van der Waals surface area contributed by atoms with Crippen LogP contribution in [0.3, 0.4) is 0 Å². The Hall–Kier alpha value is -1.88. The Labute approximate surface area is 125 Å². The van der Waals surface area contributed by atoms with Gasteiger partial charge in [-0.2, -0.15) is 0 Å². The standard InChI is InChI=1S/C15H13BrFN3/c16-11-2-1-3-13(8-11)20-14(9-19-15(20)18)10-4-6-12(17)7-5-10/h1-8,14H,9H2,(H2,18,19). The van der Waals surface area contributed by atoms with E-state index < -0.39 is 0 Å². The highest BCUT2D eigenvalue weighted by molar-refractivity contribution is 9.10. The van der Waals surface area contributed by atoms with Gasteiger partial charge in [-0.1, -0.05) is 34.1 Å². The van der Waals surface area contributed by atoms with Gasteiger partial charge in [-0.3, -0.25) is 4.99 Å². The molecule has 0 radical (unpaired) electrons. The first-order chi connectivity index (χ1) is 9.65. The number of halogens is 2. The second kappa shape index (κ2) is 5.25. The van der Waals surface area contributed by atoms with Crippen LogP contribution in [-0.4, -0.2) is 12.5 Å². The van der Waals surface area contributed by atoms with E-state index in [1.165, 1.54) is 12.1 Å². The summed E-state index contributed by atoms with van der Waals surface area (Å²) in [5, 5.41) is 0. The van der Waals surface area contributed by atoms with Crippen molar-refractivity contribution in [1.29, 1.82) is 0 Å². The molecule has 3 nitrogen and oxygen atoms in total. The number of aliphatic imine (C=N–C) groups is 1. The van der Waals surface area contributed by atoms with Crippen LogP contribution < -0.4 is 10.6 Å². The number of hydrogen-bond donors (Lipinski definition) is 1. The monoisotopic (exact) mass is 333 g/mol.